The van der Waals surface area contributed by atoms with Crippen LogP contribution in [0, 0.1) is 0 Å². The van der Waals surface area contributed by atoms with E-state index in [-0.39, 0.29) is 0 Å². The first kappa shape index (κ1) is 15.1. The van der Waals surface area contributed by atoms with Crippen molar-refractivity contribution in [2.75, 3.05) is 25.0 Å². The molecule has 1 saturated heterocycles. The Morgan fingerprint density at radius 2 is 1.83 bits per heavy atom. The van der Waals surface area contributed by atoms with Crippen LogP contribution in [0.2, 0.25) is 0 Å². The summed E-state index contributed by atoms with van der Waals surface area (Å²) >= 11 is 0. The number of rotatable bonds is 3. The molecule has 24 heavy (non-hydrogen) atoms. The highest BCUT2D eigenvalue weighted by atomic mass is 15.3. The van der Waals surface area contributed by atoms with Crippen LogP contribution in [0.5, 0.6) is 0 Å². The number of hydrogen-bond acceptors (Lipinski definition) is 5. The molecule has 6 heteroatoms. The van der Waals surface area contributed by atoms with Crippen molar-refractivity contribution >= 4 is 16.6 Å². The number of aromatic nitrogens is 4. The molecule has 2 aromatic heterocycles. The van der Waals surface area contributed by atoms with E-state index in [4.69, 9.17) is 0 Å². The standard InChI is InChI=1S/C18H22N6/c1-23(13-7-10-19-11-8-13)18-15-6-4-3-5-14(15)17(21-22-18)16-9-12-20-24(16)2/h3-6,9,12-13,19H,7-8,10-11H2,1-2H3. The summed E-state index contributed by atoms with van der Waals surface area (Å²) in [6.45, 7) is 2.13. The Labute approximate surface area is 141 Å². The minimum Gasteiger partial charge on any atom is -0.355 e. The molecule has 0 bridgehead atoms. The van der Waals surface area contributed by atoms with Crippen molar-refractivity contribution in [1.82, 2.24) is 25.3 Å². The quantitative estimate of drug-likeness (QED) is 0.801. The van der Waals surface area contributed by atoms with Crippen LogP contribution in [0.1, 0.15) is 12.8 Å². The van der Waals surface area contributed by atoms with Crippen LogP contribution < -0.4 is 10.2 Å². The van der Waals surface area contributed by atoms with Gasteiger partial charge in [0.25, 0.3) is 0 Å². The van der Waals surface area contributed by atoms with Gasteiger partial charge in [-0.2, -0.15) is 5.10 Å². The Morgan fingerprint density at radius 1 is 1.08 bits per heavy atom. The van der Waals surface area contributed by atoms with Gasteiger partial charge in [0.1, 0.15) is 5.69 Å². The summed E-state index contributed by atoms with van der Waals surface area (Å²) in [6.07, 6.45) is 4.06. The zero-order valence-corrected chi connectivity index (χ0v) is 14.1. The van der Waals surface area contributed by atoms with Gasteiger partial charge in [-0.05, 0) is 32.0 Å². The largest absolute Gasteiger partial charge is 0.355 e. The summed E-state index contributed by atoms with van der Waals surface area (Å²) in [4.78, 5) is 2.29. The fourth-order valence-corrected chi connectivity index (χ4v) is 3.51. The Hall–Kier alpha value is -2.47. The monoisotopic (exact) mass is 322 g/mol. The van der Waals surface area contributed by atoms with E-state index in [9.17, 15) is 0 Å². The van der Waals surface area contributed by atoms with E-state index in [1.54, 1.807) is 6.20 Å². The molecule has 3 aromatic rings. The number of anilines is 1. The number of aryl methyl sites for hydroxylation is 1. The zero-order chi connectivity index (χ0) is 16.5. The molecule has 0 aliphatic carbocycles. The van der Waals surface area contributed by atoms with Crippen molar-refractivity contribution in [3.63, 3.8) is 0 Å². The number of benzene rings is 1. The molecular weight excluding hydrogens is 300 g/mol. The van der Waals surface area contributed by atoms with Gasteiger partial charge in [-0.15, -0.1) is 10.2 Å². The van der Waals surface area contributed by atoms with Crippen LogP contribution in [0.15, 0.2) is 36.5 Å². The van der Waals surface area contributed by atoms with Crippen LogP contribution in [0.4, 0.5) is 5.82 Å². The lowest BCUT2D eigenvalue weighted by Crippen LogP contribution is -2.41. The lowest BCUT2D eigenvalue weighted by molar-refractivity contribution is 0.441. The molecule has 3 heterocycles. The molecule has 0 unspecified atom stereocenters. The Kier molecular flexibility index (Phi) is 3.90. The van der Waals surface area contributed by atoms with Gasteiger partial charge in [-0.3, -0.25) is 4.68 Å². The predicted octanol–water partition coefficient (Wildman–Crippen LogP) is 2.22. The number of nitrogens with one attached hydrogen (secondary N) is 1. The lowest BCUT2D eigenvalue weighted by Gasteiger charge is -2.32. The molecule has 1 N–H and O–H groups in total. The van der Waals surface area contributed by atoms with Gasteiger partial charge in [0.05, 0.1) is 5.69 Å². The zero-order valence-electron chi connectivity index (χ0n) is 14.1. The van der Waals surface area contributed by atoms with Crippen LogP contribution in [-0.2, 0) is 7.05 Å². The summed E-state index contributed by atoms with van der Waals surface area (Å²) in [7, 11) is 4.07. The van der Waals surface area contributed by atoms with E-state index in [1.165, 1.54) is 0 Å². The van der Waals surface area contributed by atoms with Gasteiger partial charge in [-0.1, -0.05) is 24.3 Å². The maximum absolute atomic E-state index is 4.59. The highest BCUT2D eigenvalue weighted by Crippen LogP contribution is 2.32. The maximum atomic E-state index is 4.59. The second-order valence-electron chi connectivity index (χ2n) is 6.35. The predicted molar refractivity (Wildman–Crippen MR) is 96.0 cm³/mol. The molecule has 0 amide bonds. The van der Waals surface area contributed by atoms with Crippen molar-refractivity contribution < 1.29 is 0 Å². The molecule has 1 fully saturated rings. The summed E-state index contributed by atoms with van der Waals surface area (Å²) in [6, 6.07) is 10.9. The van der Waals surface area contributed by atoms with Crippen LogP contribution in [0.25, 0.3) is 22.2 Å². The van der Waals surface area contributed by atoms with Crippen LogP contribution in [-0.4, -0.2) is 46.2 Å². The molecule has 0 saturated carbocycles. The summed E-state index contributed by atoms with van der Waals surface area (Å²) in [5.41, 5.74) is 1.86. The Balaban J connectivity index is 1.82. The average molecular weight is 322 g/mol. The Morgan fingerprint density at radius 3 is 2.54 bits per heavy atom. The van der Waals surface area contributed by atoms with Crippen molar-refractivity contribution in [3.8, 4) is 11.4 Å². The first-order chi connectivity index (χ1) is 11.8. The number of nitrogens with zero attached hydrogens (tertiary/aromatic N) is 5. The fourth-order valence-electron chi connectivity index (χ4n) is 3.51. The van der Waals surface area contributed by atoms with E-state index in [0.717, 1.165) is 53.9 Å². The summed E-state index contributed by atoms with van der Waals surface area (Å²) < 4.78 is 1.84. The third kappa shape index (κ3) is 2.53. The first-order valence-electron chi connectivity index (χ1n) is 8.43. The minimum absolute atomic E-state index is 0.506. The average Bonchev–Trinajstić information content (AvgIpc) is 3.07. The molecular formula is C18H22N6. The summed E-state index contributed by atoms with van der Waals surface area (Å²) in [5.74, 6) is 0.961. The van der Waals surface area contributed by atoms with E-state index < -0.39 is 0 Å². The number of fused-ring (bicyclic) bond motifs is 1. The first-order valence-corrected chi connectivity index (χ1v) is 8.43. The molecule has 1 aliphatic heterocycles. The normalized spacial score (nSPS) is 15.8. The van der Waals surface area contributed by atoms with Gasteiger partial charge >= 0.3 is 0 Å². The van der Waals surface area contributed by atoms with Crippen molar-refractivity contribution in [1.29, 1.82) is 0 Å². The van der Waals surface area contributed by atoms with Crippen molar-refractivity contribution in [2.45, 2.75) is 18.9 Å². The second-order valence-corrected chi connectivity index (χ2v) is 6.35. The molecule has 0 atom stereocenters. The highest BCUT2D eigenvalue weighted by Gasteiger charge is 2.22. The van der Waals surface area contributed by atoms with Crippen molar-refractivity contribution in [3.05, 3.63) is 36.5 Å². The second kappa shape index (κ2) is 6.20. The van der Waals surface area contributed by atoms with Gasteiger partial charge in [0.2, 0.25) is 0 Å². The highest BCUT2D eigenvalue weighted by molar-refractivity contribution is 5.99. The van der Waals surface area contributed by atoms with Crippen LogP contribution in [0.3, 0.4) is 0 Å². The van der Waals surface area contributed by atoms with Gasteiger partial charge in [-0.25, -0.2) is 0 Å². The van der Waals surface area contributed by atoms with Gasteiger partial charge in [0, 0.05) is 37.1 Å². The lowest BCUT2D eigenvalue weighted by atomic mass is 10.0. The van der Waals surface area contributed by atoms with Crippen LogP contribution >= 0.6 is 0 Å². The number of piperidine rings is 1. The fraction of sp³-hybridized carbons (Fsp3) is 0.389. The van der Waals surface area contributed by atoms with Gasteiger partial charge < -0.3 is 10.2 Å². The Bertz CT molecular complexity index is 850. The SMILES string of the molecule is CN(c1nnc(-c2ccnn2C)c2ccccc12)C1CCNCC1. The molecule has 4 rings (SSSR count). The molecule has 0 radical (unpaired) electrons. The summed E-state index contributed by atoms with van der Waals surface area (Å²) in [5, 5.41) is 19.1. The molecule has 124 valence electrons. The van der Waals surface area contributed by atoms with E-state index in [2.05, 4.69) is 56.8 Å². The molecule has 1 aromatic carbocycles. The smallest absolute Gasteiger partial charge is 0.159 e. The maximum Gasteiger partial charge on any atom is 0.159 e. The van der Waals surface area contributed by atoms with Crippen molar-refractivity contribution in [2.24, 2.45) is 7.05 Å². The topological polar surface area (TPSA) is 58.9 Å². The molecule has 0 spiro atoms. The molecule has 1 aliphatic rings. The van der Waals surface area contributed by atoms with E-state index in [0.29, 0.717) is 6.04 Å². The minimum atomic E-state index is 0.506. The molecule has 6 nitrogen and oxygen atoms in total. The number of hydrogen-bond donors (Lipinski definition) is 1. The van der Waals surface area contributed by atoms with Gasteiger partial charge in [0.15, 0.2) is 5.82 Å². The van der Waals surface area contributed by atoms with E-state index >= 15 is 0 Å². The van der Waals surface area contributed by atoms with E-state index in [1.807, 2.05) is 17.8 Å². The third-order valence-electron chi connectivity index (χ3n) is 4.92. The third-order valence-corrected chi connectivity index (χ3v) is 4.92.